The van der Waals surface area contributed by atoms with Crippen LogP contribution in [0.4, 0.5) is 13.2 Å². The highest BCUT2D eigenvalue weighted by Gasteiger charge is 2.39. The van der Waals surface area contributed by atoms with Crippen LogP contribution in [0.15, 0.2) is 42.7 Å². The van der Waals surface area contributed by atoms with Crippen LogP contribution in [0.1, 0.15) is 47.2 Å². The summed E-state index contributed by atoms with van der Waals surface area (Å²) in [6, 6.07) is 9.19. The lowest BCUT2D eigenvalue weighted by molar-refractivity contribution is -0.142. The number of hydrogen-bond acceptors (Lipinski definition) is 3. The van der Waals surface area contributed by atoms with Crippen molar-refractivity contribution < 1.29 is 18.0 Å². The summed E-state index contributed by atoms with van der Waals surface area (Å²) >= 11 is 0. The van der Waals surface area contributed by atoms with Crippen LogP contribution in [0.3, 0.4) is 0 Å². The van der Waals surface area contributed by atoms with Crippen LogP contribution in [-0.4, -0.2) is 25.7 Å². The Morgan fingerprint density at radius 3 is 2.67 bits per heavy atom. The van der Waals surface area contributed by atoms with E-state index in [-0.39, 0.29) is 12.1 Å². The molecule has 1 atom stereocenters. The molecule has 0 radical (unpaired) electrons. The van der Waals surface area contributed by atoms with Gasteiger partial charge in [0.1, 0.15) is 12.4 Å². The zero-order chi connectivity index (χ0) is 21.1. The maximum absolute atomic E-state index is 13.4. The first-order valence-corrected chi connectivity index (χ1v) is 9.90. The average molecular weight is 417 g/mol. The number of alkyl halides is 3. The van der Waals surface area contributed by atoms with E-state index in [9.17, 15) is 18.0 Å². The van der Waals surface area contributed by atoms with E-state index in [2.05, 4.69) is 20.4 Å². The summed E-state index contributed by atoms with van der Waals surface area (Å²) in [4.78, 5) is 20.0. The van der Waals surface area contributed by atoms with Crippen LogP contribution >= 0.6 is 0 Å². The van der Waals surface area contributed by atoms with Crippen molar-refractivity contribution >= 4 is 5.91 Å². The molecule has 0 bridgehead atoms. The van der Waals surface area contributed by atoms with Gasteiger partial charge in [0.05, 0.1) is 6.04 Å². The number of carbonyl (C=O) groups excluding carboxylic acids is 1. The molecule has 4 rings (SSSR count). The standard InChI is InChI=1S/C21H22F3N5O/c22-21(23,24)19-15-8-4-5-9-17(15)29(28-19)13-18(30)27-16(20-25-10-11-26-20)12-14-6-2-1-3-7-14/h1-3,6-7,10-11,16H,4-5,8-9,12-13H2,(H,25,26)(H,27,30). The number of nitrogens with zero attached hydrogens (tertiary/aromatic N) is 3. The van der Waals surface area contributed by atoms with E-state index in [4.69, 9.17) is 0 Å². The third kappa shape index (κ3) is 4.39. The fourth-order valence-electron chi connectivity index (χ4n) is 3.94. The van der Waals surface area contributed by atoms with E-state index >= 15 is 0 Å². The number of aromatic amines is 1. The van der Waals surface area contributed by atoms with Gasteiger partial charge >= 0.3 is 6.18 Å². The molecule has 2 heterocycles. The molecule has 6 nitrogen and oxygen atoms in total. The third-order valence-electron chi connectivity index (χ3n) is 5.29. The molecule has 0 aliphatic heterocycles. The Bertz CT molecular complexity index is 996. The fraction of sp³-hybridized carbons (Fsp3) is 0.381. The largest absolute Gasteiger partial charge is 0.435 e. The molecule has 30 heavy (non-hydrogen) atoms. The highest BCUT2D eigenvalue weighted by molar-refractivity contribution is 5.76. The molecule has 0 fully saturated rings. The average Bonchev–Trinajstić information content (AvgIpc) is 3.37. The Hall–Kier alpha value is -3.10. The van der Waals surface area contributed by atoms with Crippen molar-refractivity contribution in [3.63, 3.8) is 0 Å². The topological polar surface area (TPSA) is 75.6 Å². The van der Waals surface area contributed by atoms with Gasteiger partial charge in [0, 0.05) is 23.7 Å². The zero-order valence-corrected chi connectivity index (χ0v) is 16.2. The Kier molecular flexibility index (Phi) is 5.61. The summed E-state index contributed by atoms with van der Waals surface area (Å²) in [5, 5.41) is 6.66. The molecule has 1 aliphatic carbocycles. The first kappa shape index (κ1) is 20.2. The minimum atomic E-state index is -4.52. The molecule has 1 aliphatic rings. The van der Waals surface area contributed by atoms with Crippen LogP contribution in [0.5, 0.6) is 0 Å². The van der Waals surface area contributed by atoms with E-state index in [1.165, 1.54) is 4.68 Å². The van der Waals surface area contributed by atoms with Crippen molar-refractivity contribution in [2.75, 3.05) is 0 Å². The molecule has 1 unspecified atom stereocenters. The van der Waals surface area contributed by atoms with Crippen molar-refractivity contribution in [1.82, 2.24) is 25.1 Å². The number of aromatic nitrogens is 4. The van der Waals surface area contributed by atoms with E-state index in [0.717, 1.165) is 12.0 Å². The van der Waals surface area contributed by atoms with Gasteiger partial charge in [-0.15, -0.1) is 0 Å². The molecular formula is C21H22F3N5O. The Balaban J connectivity index is 1.53. The van der Waals surface area contributed by atoms with Gasteiger partial charge in [-0.25, -0.2) is 4.98 Å². The monoisotopic (exact) mass is 417 g/mol. The highest BCUT2D eigenvalue weighted by atomic mass is 19.4. The summed E-state index contributed by atoms with van der Waals surface area (Å²) in [5.74, 6) is 0.183. The Morgan fingerprint density at radius 2 is 1.97 bits per heavy atom. The van der Waals surface area contributed by atoms with E-state index in [1.54, 1.807) is 12.4 Å². The lowest BCUT2D eigenvalue weighted by Gasteiger charge is -2.18. The number of imidazole rings is 1. The smallest absolute Gasteiger partial charge is 0.347 e. The van der Waals surface area contributed by atoms with Gasteiger partial charge in [0.25, 0.3) is 0 Å². The third-order valence-corrected chi connectivity index (χ3v) is 5.29. The quantitative estimate of drug-likeness (QED) is 0.644. The van der Waals surface area contributed by atoms with E-state index in [0.29, 0.717) is 37.2 Å². The Morgan fingerprint density at radius 1 is 1.20 bits per heavy atom. The number of hydrogen-bond donors (Lipinski definition) is 2. The van der Waals surface area contributed by atoms with Crippen molar-refractivity contribution in [2.24, 2.45) is 0 Å². The van der Waals surface area contributed by atoms with E-state index < -0.39 is 23.8 Å². The lowest BCUT2D eigenvalue weighted by atomic mass is 9.95. The first-order valence-electron chi connectivity index (χ1n) is 9.90. The van der Waals surface area contributed by atoms with Crippen LogP contribution in [0.25, 0.3) is 0 Å². The predicted octanol–water partition coefficient (Wildman–Crippen LogP) is 3.60. The minimum Gasteiger partial charge on any atom is -0.347 e. The van der Waals surface area contributed by atoms with Crippen LogP contribution in [0.2, 0.25) is 0 Å². The van der Waals surface area contributed by atoms with Crippen molar-refractivity contribution in [1.29, 1.82) is 0 Å². The molecule has 0 spiro atoms. The molecule has 9 heteroatoms. The normalized spacial score (nSPS) is 14.9. The molecular weight excluding hydrogens is 395 g/mol. The van der Waals surface area contributed by atoms with Crippen LogP contribution in [0, 0.1) is 0 Å². The summed E-state index contributed by atoms with van der Waals surface area (Å²) in [5.41, 5.74) is 0.890. The summed E-state index contributed by atoms with van der Waals surface area (Å²) in [6.45, 7) is -0.260. The second-order valence-corrected chi connectivity index (χ2v) is 7.42. The maximum Gasteiger partial charge on any atom is 0.435 e. The molecule has 0 saturated heterocycles. The van der Waals surface area contributed by atoms with Gasteiger partial charge in [0.2, 0.25) is 5.91 Å². The molecule has 1 aromatic carbocycles. The van der Waals surface area contributed by atoms with Crippen molar-refractivity contribution in [3.8, 4) is 0 Å². The second kappa shape index (κ2) is 8.33. The van der Waals surface area contributed by atoms with E-state index in [1.807, 2.05) is 30.3 Å². The van der Waals surface area contributed by atoms with Crippen molar-refractivity contribution in [3.05, 3.63) is 71.1 Å². The van der Waals surface area contributed by atoms with Gasteiger partial charge in [-0.3, -0.25) is 9.48 Å². The van der Waals surface area contributed by atoms with Gasteiger partial charge in [-0.2, -0.15) is 18.3 Å². The molecule has 1 amide bonds. The van der Waals surface area contributed by atoms with Gasteiger partial charge in [0.15, 0.2) is 5.69 Å². The molecule has 2 N–H and O–H groups in total. The van der Waals surface area contributed by atoms with Gasteiger partial charge in [-0.1, -0.05) is 30.3 Å². The first-order chi connectivity index (χ1) is 14.4. The zero-order valence-electron chi connectivity index (χ0n) is 16.2. The summed E-state index contributed by atoms with van der Waals surface area (Å²) in [6.07, 6.45) is 1.58. The maximum atomic E-state index is 13.4. The SMILES string of the molecule is O=C(Cn1nc(C(F)(F)F)c2c1CCCC2)NC(Cc1ccccc1)c1ncc[nH]1. The number of nitrogens with one attached hydrogen (secondary N) is 2. The van der Waals surface area contributed by atoms with Crippen molar-refractivity contribution in [2.45, 2.75) is 50.9 Å². The Labute approximate surface area is 171 Å². The van der Waals surface area contributed by atoms with Gasteiger partial charge in [-0.05, 0) is 37.7 Å². The lowest BCUT2D eigenvalue weighted by Crippen LogP contribution is -2.34. The fourth-order valence-corrected chi connectivity index (χ4v) is 3.94. The second-order valence-electron chi connectivity index (χ2n) is 7.42. The minimum absolute atomic E-state index is 0.230. The number of fused-ring (bicyclic) bond motifs is 1. The number of benzene rings is 1. The molecule has 158 valence electrons. The summed E-state index contributed by atoms with van der Waals surface area (Å²) < 4.78 is 41.3. The number of H-pyrrole nitrogens is 1. The molecule has 3 aromatic rings. The summed E-state index contributed by atoms with van der Waals surface area (Å²) in [7, 11) is 0. The van der Waals surface area contributed by atoms with Gasteiger partial charge < -0.3 is 10.3 Å². The predicted molar refractivity (Wildman–Crippen MR) is 103 cm³/mol. The number of rotatable bonds is 6. The molecule has 2 aromatic heterocycles. The van der Waals surface area contributed by atoms with Crippen LogP contribution < -0.4 is 5.32 Å². The van der Waals surface area contributed by atoms with Crippen LogP contribution in [-0.2, 0) is 36.8 Å². The number of amides is 1. The molecule has 0 saturated carbocycles. The number of halogens is 3. The highest BCUT2D eigenvalue weighted by Crippen LogP contribution is 2.35. The number of carbonyl (C=O) groups is 1.